The fraction of sp³-hybridized carbons (Fsp3) is 0.167. The van der Waals surface area contributed by atoms with E-state index in [1.165, 1.54) is 24.5 Å². The molecule has 0 bridgehead atoms. The van der Waals surface area contributed by atoms with Gasteiger partial charge in [0.05, 0.1) is 17.0 Å². The molecule has 0 aliphatic heterocycles. The second-order valence-electron chi connectivity index (χ2n) is 7.72. The highest BCUT2D eigenvalue weighted by molar-refractivity contribution is 7.92. The van der Waals surface area contributed by atoms with Crippen molar-refractivity contribution in [3.05, 3.63) is 83.4 Å². The largest absolute Gasteiger partial charge is 0.345 e. The third-order valence-corrected chi connectivity index (χ3v) is 6.66. The maximum absolute atomic E-state index is 15.2. The molecule has 2 heterocycles. The zero-order valence-electron chi connectivity index (χ0n) is 18.0. The van der Waals surface area contributed by atoms with E-state index in [0.29, 0.717) is 35.0 Å². The Balaban J connectivity index is 1.75. The second-order valence-corrected chi connectivity index (χ2v) is 9.56. The molecule has 0 fully saturated rings. The number of nitrogens with one attached hydrogen (secondary N) is 2. The van der Waals surface area contributed by atoms with Gasteiger partial charge in [-0.05, 0) is 42.3 Å². The second kappa shape index (κ2) is 9.30. The average Bonchev–Trinajstić information content (AvgIpc) is 3.23. The molecule has 0 amide bonds. The number of carbonyl (C=O) groups excluding carboxylic acids is 1. The van der Waals surface area contributed by atoms with Gasteiger partial charge in [0.1, 0.15) is 17.3 Å². The molecule has 0 saturated carbocycles. The SMILES string of the molecule is CCCCS(=O)(=O)Nc1ccc(F)c(C(=O)c2c[nH]c3ncc(-c4ccc(F)cc4)cc23)c1F. The van der Waals surface area contributed by atoms with Crippen molar-refractivity contribution < 1.29 is 26.4 Å². The molecule has 0 spiro atoms. The van der Waals surface area contributed by atoms with Gasteiger partial charge in [-0.25, -0.2) is 26.6 Å². The lowest BCUT2D eigenvalue weighted by molar-refractivity contribution is 0.103. The predicted octanol–water partition coefficient (Wildman–Crippen LogP) is 5.42. The molecule has 0 radical (unpaired) electrons. The molecular formula is C24H20F3N3O3S. The first-order valence-corrected chi connectivity index (χ1v) is 12.1. The van der Waals surface area contributed by atoms with Crippen LogP contribution in [0, 0.1) is 17.5 Å². The Bertz CT molecular complexity index is 1480. The van der Waals surface area contributed by atoms with Crippen LogP contribution in [0.1, 0.15) is 35.7 Å². The number of pyridine rings is 1. The number of benzene rings is 2. The zero-order valence-corrected chi connectivity index (χ0v) is 18.8. The molecule has 4 aromatic rings. The molecule has 0 aliphatic carbocycles. The highest BCUT2D eigenvalue weighted by atomic mass is 32.2. The Morgan fingerprint density at radius 1 is 1.06 bits per heavy atom. The van der Waals surface area contributed by atoms with Gasteiger partial charge in [-0.3, -0.25) is 9.52 Å². The summed E-state index contributed by atoms with van der Waals surface area (Å²) in [6.07, 6.45) is 3.78. The number of sulfonamides is 1. The number of aromatic nitrogens is 2. The van der Waals surface area contributed by atoms with Crippen LogP contribution in [0.4, 0.5) is 18.9 Å². The number of fused-ring (bicyclic) bond motifs is 1. The zero-order chi connectivity index (χ0) is 24.5. The monoisotopic (exact) mass is 487 g/mol. The Morgan fingerprint density at radius 2 is 1.79 bits per heavy atom. The van der Waals surface area contributed by atoms with Gasteiger partial charge in [-0.2, -0.15) is 0 Å². The number of rotatable bonds is 8. The van der Waals surface area contributed by atoms with E-state index in [1.54, 1.807) is 18.2 Å². The summed E-state index contributed by atoms with van der Waals surface area (Å²) in [6, 6.07) is 9.02. The molecule has 0 atom stereocenters. The van der Waals surface area contributed by atoms with Crippen molar-refractivity contribution in [2.24, 2.45) is 0 Å². The smallest absolute Gasteiger partial charge is 0.232 e. The van der Waals surface area contributed by atoms with Gasteiger partial charge >= 0.3 is 0 Å². The number of nitrogens with zero attached hydrogens (tertiary/aromatic N) is 1. The Morgan fingerprint density at radius 3 is 2.50 bits per heavy atom. The molecule has 2 aromatic heterocycles. The first-order valence-electron chi connectivity index (χ1n) is 10.5. The van der Waals surface area contributed by atoms with Crippen molar-refractivity contribution >= 4 is 32.5 Å². The van der Waals surface area contributed by atoms with Crippen molar-refractivity contribution in [2.45, 2.75) is 19.8 Å². The minimum absolute atomic E-state index is 0.0461. The molecule has 6 nitrogen and oxygen atoms in total. The van der Waals surface area contributed by atoms with Crippen LogP contribution in [-0.4, -0.2) is 29.9 Å². The summed E-state index contributed by atoms with van der Waals surface area (Å²) < 4.78 is 69.5. The van der Waals surface area contributed by atoms with E-state index < -0.39 is 44.5 Å². The van der Waals surface area contributed by atoms with Gasteiger partial charge in [-0.15, -0.1) is 0 Å². The van der Waals surface area contributed by atoms with E-state index in [4.69, 9.17) is 0 Å². The van der Waals surface area contributed by atoms with Gasteiger partial charge in [0, 0.05) is 28.9 Å². The van der Waals surface area contributed by atoms with Gasteiger partial charge in [0.2, 0.25) is 15.8 Å². The Kier molecular flexibility index (Phi) is 6.43. The van der Waals surface area contributed by atoms with Gasteiger partial charge < -0.3 is 4.98 Å². The van der Waals surface area contributed by atoms with Crippen LogP contribution in [0.2, 0.25) is 0 Å². The summed E-state index contributed by atoms with van der Waals surface area (Å²) in [6.45, 7) is 1.81. The number of aromatic amines is 1. The molecule has 0 saturated heterocycles. The Labute approximate surface area is 193 Å². The van der Waals surface area contributed by atoms with E-state index in [2.05, 4.69) is 14.7 Å². The van der Waals surface area contributed by atoms with Gasteiger partial charge in [0.15, 0.2) is 5.82 Å². The molecule has 0 unspecified atom stereocenters. The van der Waals surface area contributed by atoms with Crippen LogP contribution < -0.4 is 4.72 Å². The lowest BCUT2D eigenvalue weighted by atomic mass is 10.00. The van der Waals surface area contributed by atoms with Gasteiger partial charge in [-0.1, -0.05) is 25.5 Å². The average molecular weight is 488 g/mol. The van der Waals surface area contributed by atoms with Crippen LogP contribution in [0.25, 0.3) is 22.2 Å². The molecule has 34 heavy (non-hydrogen) atoms. The van der Waals surface area contributed by atoms with Crippen molar-refractivity contribution in [3.8, 4) is 11.1 Å². The first kappa shape index (κ1) is 23.5. The third kappa shape index (κ3) is 4.67. The maximum Gasteiger partial charge on any atom is 0.232 e. The normalized spacial score (nSPS) is 11.6. The van der Waals surface area contributed by atoms with E-state index in [0.717, 1.165) is 12.1 Å². The summed E-state index contributed by atoms with van der Waals surface area (Å²) in [5.74, 6) is -4.05. The number of anilines is 1. The number of halogens is 3. The standard InChI is InChI=1S/C24H20F3N3O3S/c1-2-3-10-34(32,33)30-20-9-8-19(26)21(22(20)27)23(31)18-13-29-24-17(18)11-15(12-28-24)14-4-6-16(25)7-5-14/h4-9,11-13,30H,2-3,10H2,1H3,(H,28,29). The third-order valence-electron chi connectivity index (χ3n) is 5.30. The molecule has 10 heteroatoms. The number of hydrogen-bond donors (Lipinski definition) is 2. The Hall–Kier alpha value is -3.66. The van der Waals surface area contributed by atoms with Crippen molar-refractivity contribution in [2.75, 3.05) is 10.5 Å². The van der Waals surface area contributed by atoms with Gasteiger partial charge in [0.25, 0.3) is 0 Å². The van der Waals surface area contributed by atoms with Crippen LogP contribution >= 0.6 is 0 Å². The minimum atomic E-state index is -3.87. The fourth-order valence-electron chi connectivity index (χ4n) is 3.52. The molecule has 176 valence electrons. The molecule has 4 rings (SSSR count). The predicted molar refractivity (Wildman–Crippen MR) is 124 cm³/mol. The summed E-state index contributed by atoms with van der Waals surface area (Å²) >= 11 is 0. The van der Waals surface area contributed by atoms with E-state index >= 15 is 4.39 Å². The molecule has 0 aliphatic rings. The van der Waals surface area contributed by atoms with Crippen molar-refractivity contribution in [1.29, 1.82) is 0 Å². The van der Waals surface area contributed by atoms with Crippen LogP contribution in [0.15, 0.2) is 54.9 Å². The first-order chi connectivity index (χ1) is 16.2. The summed E-state index contributed by atoms with van der Waals surface area (Å²) in [7, 11) is -3.87. The number of H-pyrrole nitrogens is 1. The van der Waals surface area contributed by atoms with Crippen LogP contribution in [-0.2, 0) is 10.0 Å². The minimum Gasteiger partial charge on any atom is -0.345 e. The molecule has 2 N–H and O–H groups in total. The summed E-state index contributed by atoms with van der Waals surface area (Å²) in [4.78, 5) is 20.2. The van der Waals surface area contributed by atoms with Crippen molar-refractivity contribution in [3.63, 3.8) is 0 Å². The maximum atomic E-state index is 15.2. The topological polar surface area (TPSA) is 91.9 Å². The highest BCUT2D eigenvalue weighted by Gasteiger charge is 2.26. The van der Waals surface area contributed by atoms with E-state index in [-0.39, 0.29) is 11.3 Å². The number of unbranched alkanes of at least 4 members (excludes halogenated alkanes) is 1. The number of carbonyl (C=O) groups is 1. The number of ketones is 1. The number of hydrogen-bond acceptors (Lipinski definition) is 4. The molecule has 2 aromatic carbocycles. The lowest BCUT2D eigenvalue weighted by Gasteiger charge is -2.11. The van der Waals surface area contributed by atoms with E-state index in [9.17, 15) is 22.0 Å². The summed E-state index contributed by atoms with van der Waals surface area (Å²) in [5.41, 5.74) is 0.0760. The van der Waals surface area contributed by atoms with E-state index in [1.807, 2.05) is 6.92 Å². The van der Waals surface area contributed by atoms with Crippen molar-refractivity contribution in [1.82, 2.24) is 9.97 Å². The lowest BCUT2D eigenvalue weighted by Crippen LogP contribution is -2.19. The van der Waals surface area contributed by atoms with Crippen LogP contribution in [0.5, 0.6) is 0 Å². The quantitative estimate of drug-likeness (QED) is 0.325. The summed E-state index contributed by atoms with van der Waals surface area (Å²) in [5, 5.41) is 0.305. The molecular weight excluding hydrogens is 467 g/mol. The van der Waals surface area contributed by atoms with Crippen LogP contribution in [0.3, 0.4) is 0 Å². The highest BCUT2D eigenvalue weighted by Crippen LogP contribution is 2.29. The fourth-order valence-corrected chi connectivity index (χ4v) is 4.78.